The van der Waals surface area contributed by atoms with Gasteiger partial charge in [0.05, 0.1) is 16.6 Å². The van der Waals surface area contributed by atoms with E-state index < -0.39 is 11.9 Å². The summed E-state index contributed by atoms with van der Waals surface area (Å²) in [6.07, 6.45) is 1.47. The third kappa shape index (κ3) is 6.73. The number of benzene rings is 2. The van der Waals surface area contributed by atoms with Crippen molar-refractivity contribution in [2.75, 3.05) is 11.9 Å². The number of halogens is 2. The van der Waals surface area contributed by atoms with Gasteiger partial charge in [0, 0.05) is 9.90 Å². The lowest BCUT2D eigenvalue weighted by atomic mass is 10.1. The molecule has 0 unspecified atom stereocenters. The van der Waals surface area contributed by atoms with E-state index in [0.717, 1.165) is 16.0 Å². The summed E-state index contributed by atoms with van der Waals surface area (Å²) < 4.78 is 11.6. The lowest BCUT2D eigenvalue weighted by Gasteiger charge is -2.09. The fourth-order valence-electron chi connectivity index (χ4n) is 3.12. The van der Waals surface area contributed by atoms with Gasteiger partial charge in [-0.1, -0.05) is 29.8 Å². The molecule has 0 spiro atoms. The van der Waals surface area contributed by atoms with Crippen LogP contribution < -0.4 is 10.1 Å². The summed E-state index contributed by atoms with van der Waals surface area (Å²) in [4.78, 5) is 26.1. The molecular formula is C26H22BrClN2O4S. The number of nitrogens with one attached hydrogen (secondary N) is 1. The Balaban J connectivity index is 1.76. The third-order valence-corrected chi connectivity index (χ3v) is 7.03. The highest BCUT2D eigenvalue weighted by atomic mass is 79.9. The molecule has 180 valence electrons. The van der Waals surface area contributed by atoms with Crippen LogP contribution in [0.5, 0.6) is 5.75 Å². The number of rotatable bonds is 8. The maximum Gasteiger partial charge on any atom is 0.341 e. The molecule has 9 heteroatoms. The van der Waals surface area contributed by atoms with E-state index in [0.29, 0.717) is 38.0 Å². The Morgan fingerprint density at radius 3 is 2.54 bits per heavy atom. The molecule has 0 aliphatic heterocycles. The maximum atomic E-state index is 12.8. The van der Waals surface area contributed by atoms with E-state index in [1.54, 1.807) is 44.2 Å². The van der Waals surface area contributed by atoms with Crippen LogP contribution in [0.15, 0.2) is 52.5 Å². The van der Waals surface area contributed by atoms with E-state index >= 15 is 0 Å². The fourth-order valence-corrected chi connectivity index (χ4v) is 4.80. The van der Waals surface area contributed by atoms with Crippen LogP contribution in [-0.2, 0) is 16.1 Å². The minimum absolute atomic E-state index is 0.106. The van der Waals surface area contributed by atoms with Crippen LogP contribution in [0.1, 0.15) is 38.8 Å². The number of nitriles is 1. The summed E-state index contributed by atoms with van der Waals surface area (Å²) in [5.74, 6) is -0.507. The Bertz CT molecular complexity index is 1330. The molecule has 0 aliphatic rings. The van der Waals surface area contributed by atoms with Crippen LogP contribution >= 0.6 is 38.9 Å². The van der Waals surface area contributed by atoms with Crippen molar-refractivity contribution in [3.05, 3.63) is 84.7 Å². The minimum Gasteiger partial charge on any atom is -0.488 e. The highest BCUT2D eigenvalue weighted by molar-refractivity contribution is 9.10. The average Bonchev–Trinajstić information content (AvgIpc) is 3.10. The van der Waals surface area contributed by atoms with Gasteiger partial charge in [-0.15, -0.1) is 11.3 Å². The molecule has 0 saturated carbocycles. The fraction of sp³-hybridized carbons (Fsp3) is 0.192. The Kier molecular flexibility index (Phi) is 9.10. The Morgan fingerprint density at radius 2 is 1.91 bits per heavy atom. The number of carbonyl (C=O) groups excluding carboxylic acids is 2. The Morgan fingerprint density at radius 1 is 1.20 bits per heavy atom. The first-order chi connectivity index (χ1) is 16.7. The monoisotopic (exact) mass is 572 g/mol. The second-order valence-electron chi connectivity index (χ2n) is 7.44. The number of carbonyl (C=O) groups is 2. The first-order valence-corrected chi connectivity index (χ1v) is 12.6. The number of aryl methyl sites for hydroxylation is 1. The first kappa shape index (κ1) is 26.5. The highest BCUT2D eigenvalue weighted by Crippen LogP contribution is 2.33. The van der Waals surface area contributed by atoms with Crippen LogP contribution in [0.25, 0.3) is 6.08 Å². The van der Waals surface area contributed by atoms with E-state index in [-0.39, 0.29) is 12.2 Å². The maximum absolute atomic E-state index is 12.8. The molecule has 0 fully saturated rings. The zero-order chi connectivity index (χ0) is 25.5. The van der Waals surface area contributed by atoms with Gasteiger partial charge in [-0.25, -0.2) is 4.79 Å². The van der Waals surface area contributed by atoms with Crippen molar-refractivity contribution in [3.8, 4) is 11.8 Å². The van der Waals surface area contributed by atoms with Crippen molar-refractivity contribution in [3.63, 3.8) is 0 Å². The number of nitrogens with zero attached hydrogens (tertiary/aromatic N) is 1. The summed E-state index contributed by atoms with van der Waals surface area (Å²) >= 11 is 10.7. The van der Waals surface area contributed by atoms with E-state index in [4.69, 9.17) is 21.1 Å². The van der Waals surface area contributed by atoms with Crippen molar-refractivity contribution in [2.24, 2.45) is 0 Å². The summed E-state index contributed by atoms with van der Waals surface area (Å²) in [5, 5.41) is 13.3. The van der Waals surface area contributed by atoms with Gasteiger partial charge in [0.2, 0.25) is 0 Å². The normalized spacial score (nSPS) is 11.0. The van der Waals surface area contributed by atoms with Gasteiger partial charge in [-0.05, 0) is 83.7 Å². The largest absolute Gasteiger partial charge is 0.488 e. The zero-order valence-electron chi connectivity index (χ0n) is 19.3. The second-order valence-corrected chi connectivity index (χ2v) is 9.95. The average molecular weight is 574 g/mol. The SMILES string of the molecule is CCOC(=O)c1c(NC(=O)/C(C#N)=C/c2ccc(OCc3ccc(Cl)cc3)c(Br)c2)sc(C)c1C. The Hall–Kier alpha value is -3.12. The van der Waals surface area contributed by atoms with Crippen molar-refractivity contribution >= 4 is 61.8 Å². The zero-order valence-corrected chi connectivity index (χ0v) is 22.4. The van der Waals surface area contributed by atoms with Gasteiger partial charge in [0.25, 0.3) is 5.91 Å². The number of amides is 1. The van der Waals surface area contributed by atoms with Crippen LogP contribution in [-0.4, -0.2) is 18.5 Å². The summed E-state index contributed by atoms with van der Waals surface area (Å²) in [6, 6.07) is 14.5. The minimum atomic E-state index is -0.613. The van der Waals surface area contributed by atoms with Crippen LogP contribution in [0, 0.1) is 25.2 Å². The molecule has 6 nitrogen and oxygen atoms in total. The van der Waals surface area contributed by atoms with Gasteiger partial charge in [0.1, 0.15) is 29.0 Å². The molecule has 1 amide bonds. The highest BCUT2D eigenvalue weighted by Gasteiger charge is 2.23. The van der Waals surface area contributed by atoms with E-state index in [1.165, 1.54) is 17.4 Å². The quantitative estimate of drug-likeness (QED) is 0.177. The number of ether oxygens (including phenoxy) is 2. The van der Waals surface area contributed by atoms with Crippen molar-refractivity contribution in [1.82, 2.24) is 0 Å². The van der Waals surface area contributed by atoms with Crippen LogP contribution in [0.4, 0.5) is 5.00 Å². The molecule has 0 radical (unpaired) electrons. The molecule has 0 saturated heterocycles. The topological polar surface area (TPSA) is 88.4 Å². The van der Waals surface area contributed by atoms with Gasteiger partial charge < -0.3 is 14.8 Å². The predicted octanol–water partition coefficient (Wildman–Crippen LogP) is 7.08. The van der Waals surface area contributed by atoms with Crippen molar-refractivity contribution < 1.29 is 19.1 Å². The predicted molar refractivity (Wildman–Crippen MR) is 142 cm³/mol. The van der Waals surface area contributed by atoms with E-state index in [2.05, 4.69) is 21.2 Å². The van der Waals surface area contributed by atoms with Gasteiger partial charge >= 0.3 is 5.97 Å². The lowest BCUT2D eigenvalue weighted by molar-refractivity contribution is -0.112. The lowest BCUT2D eigenvalue weighted by Crippen LogP contribution is -2.16. The van der Waals surface area contributed by atoms with E-state index in [9.17, 15) is 14.9 Å². The molecule has 0 atom stereocenters. The Labute approximate surface area is 221 Å². The number of hydrogen-bond donors (Lipinski definition) is 1. The second kappa shape index (κ2) is 12.0. The number of anilines is 1. The molecule has 2 aromatic carbocycles. The van der Waals surface area contributed by atoms with Crippen molar-refractivity contribution in [2.45, 2.75) is 27.4 Å². The van der Waals surface area contributed by atoms with Gasteiger partial charge in [0.15, 0.2) is 0 Å². The summed E-state index contributed by atoms with van der Waals surface area (Å²) in [6.45, 7) is 5.95. The molecular weight excluding hydrogens is 552 g/mol. The smallest absolute Gasteiger partial charge is 0.341 e. The summed E-state index contributed by atoms with van der Waals surface area (Å²) in [5.41, 5.74) is 2.54. The van der Waals surface area contributed by atoms with Gasteiger partial charge in [-0.2, -0.15) is 5.26 Å². The molecule has 0 aliphatic carbocycles. The molecule has 0 bridgehead atoms. The number of hydrogen-bond acceptors (Lipinski definition) is 6. The number of esters is 1. The molecule has 3 aromatic rings. The van der Waals surface area contributed by atoms with Crippen LogP contribution in [0.3, 0.4) is 0 Å². The molecule has 1 N–H and O–H groups in total. The van der Waals surface area contributed by atoms with Crippen molar-refractivity contribution in [1.29, 1.82) is 5.26 Å². The molecule has 1 heterocycles. The summed E-state index contributed by atoms with van der Waals surface area (Å²) in [7, 11) is 0. The van der Waals surface area contributed by atoms with Gasteiger partial charge in [-0.3, -0.25) is 4.79 Å². The third-order valence-electron chi connectivity index (χ3n) is 5.03. The first-order valence-electron chi connectivity index (χ1n) is 10.6. The molecule has 3 rings (SSSR count). The van der Waals surface area contributed by atoms with Crippen LogP contribution in [0.2, 0.25) is 5.02 Å². The number of thiophene rings is 1. The molecule has 35 heavy (non-hydrogen) atoms. The standard InChI is InChI=1S/C26H22BrClN2O4S/c1-4-33-26(32)23-15(2)16(3)35-25(23)30-24(31)19(13-29)11-18-7-10-22(21(27)12-18)34-14-17-5-8-20(28)9-6-17/h5-12H,4,14H2,1-3H3,(H,30,31)/b19-11+. The van der Waals surface area contributed by atoms with E-state index in [1.807, 2.05) is 25.1 Å². The molecule has 1 aromatic heterocycles.